The van der Waals surface area contributed by atoms with E-state index < -0.39 is 0 Å². The van der Waals surface area contributed by atoms with Crippen LogP contribution >= 0.6 is 0 Å². The molecule has 2 N–H and O–H groups in total. The van der Waals surface area contributed by atoms with Gasteiger partial charge in [0.25, 0.3) is 5.91 Å². The van der Waals surface area contributed by atoms with Crippen molar-refractivity contribution in [3.63, 3.8) is 0 Å². The summed E-state index contributed by atoms with van der Waals surface area (Å²) < 4.78 is 0. The molecule has 1 aliphatic heterocycles. The molecule has 2 rings (SSSR count). The van der Waals surface area contributed by atoms with Crippen LogP contribution in [0.25, 0.3) is 0 Å². The van der Waals surface area contributed by atoms with E-state index in [1.165, 1.54) is 0 Å². The Morgan fingerprint density at radius 2 is 2.16 bits per heavy atom. The second-order valence-electron chi connectivity index (χ2n) is 4.84. The number of carbonyl (C=O) groups is 1. The largest absolute Gasteiger partial charge is 0.336 e. The monoisotopic (exact) mass is 262 g/mol. The van der Waals surface area contributed by atoms with Crippen molar-refractivity contribution in [2.24, 2.45) is 5.73 Å². The fourth-order valence-corrected chi connectivity index (χ4v) is 2.36. The van der Waals surface area contributed by atoms with Crippen LogP contribution in [-0.4, -0.2) is 60.0 Å². The van der Waals surface area contributed by atoms with Crippen LogP contribution in [0.2, 0.25) is 0 Å². The third-order valence-electron chi connectivity index (χ3n) is 3.44. The first-order valence-corrected chi connectivity index (χ1v) is 6.94. The average Bonchev–Trinajstić information content (AvgIpc) is 2.71. The highest BCUT2D eigenvalue weighted by Gasteiger charge is 2.20. The van der Waals surface area contributed by atoms with Gasteiger partial charge in [-0.05, 0) is 44.6 Å². The summed E-state index contributed by atoms with van der Waals surface area (Å²) in [6, 6.07) is 5.46. The summed E-state index contributed by atoms with van der Waals surface area (Å²) in [7, 11) is 0. The first-order valence-electron chi connectivity index (χ1n) is 6.94. The first kappa shape index (κ1) is 14.0. The standard InChI is InChI=1S/C14H22N4O/c15-6-3-8-17-9-4-10-18(12-11-17)14(19)13-5-1-2-7-16-13/h1-2,5,7H,3-4,6,8-12,15H2. The number of rotatable bonds is 4. The van der Waals surface area contributed by atoms with Gasteiger partial charge in [-0.15, -0.1) is 0 Å². The minimum Gasteiger partial charge on any atom is -0.336 e. The van der Waals surface area contributed by atoms with Crippen LogP contribution in [0.3, 0.4) is 0 Å². The van der Waals surface area contributed by atoms with Gasteiger partial charge in [-0.2, -0.15) is 0 Å². The molecule has 1 aromatic rings. The molecular formula is C14H22N4O. The molecule has 5 nitrogen and oxygen atoms in total. The normalized spacial score (nSPS) is 17.2. The second kappa shape index (κ2) is 7.21. The van der Waals surface area contributed by atoms with E-state index in [0.717, 1.165) is 52.1 Å². The van der Waals surface area contributed by atoms with E-state index in [-0.39, 0.29) is 5.91 Å². The number of hydrogen-bond donors (Lipinski definition) is 1. The second-order valence-corrected chi connectivity index (χ2v) is 4.84. The number of nitrogens with zero attached hydrogens (tertiary/aromatic N) is 3. The van der Waals surface area contributed by atoms with Gasteiger partial charge in [0.05, 0.1) is 0 Å². The van der Waals surface area contributed by atoms with Gasteiger partial charge in [0, 0.05) is 25.8 Å². The number of carbonyl (C=O) groups excluding carboxylic acids is 1. The molecular weight excluding hydrogens is 240 g/mol. The Bertz CT molecular complexity index is 396. The molecule has 0 radical (unpaired) electrons. The van der Waals surface area contributed by atoms with Crippen molar-refractivity contribution in [1.82, 2.24) is 14.8 Å². The van der Waals surface area contributed by atoms with Crippen molar-refractivity contribution in [3.8, 4) is 0 Å². The zero-order valence-corrected chi connectivity index (χ0v) is 11.3. The summed E-state index contributed by atoms with van der Waals surface area (Å²) in [4.78, 5) is 20.7. The van der Waals surface area contributed by atoms with Crippen LogP contribution in [0, 0.1) is 0 Å². The lowest BCUT2D eigenvalue weighted by Gasteiger charge is -2.21. The molecule has 1 amide bonds. The molecule has 19 heavy (non-hydrogen) atoms. The van der Waals surface area contributed by atoms with E-state index in [1.54, 1.807) is 12.3 Å². The summed E-state index contributed by atoms with van der Waals surface area (Å²) in [5.74, 6) is 0.0428. The number of hydrogen-bond acceptors (Lipinski definition) is 4. The van der Waals surface area contributed by atoms with Gasteiger partial charge < -0.3 is 15.5 Å². The van der Waals surface area contributed by atoms with Crippen molar-refractivity contribution < 1.29 is 4.79 Å². The van der Waals surface area contributed by atoms with E-state index in [2.05, 4.69) is 9.88 Å². The Morgan fingerprint density at radius 3 is 2.89 bits per heavy atom. The van der Waals surface area contributed by atoms with Crippen LogP contribution in [-0.2, 0) is 0 Å². The molecule has 2 heterocycles. The highest BCUT2D eigenvalue weighted by atomic mass is 16.2. The van der Waals surface area contributed by atoms with Crippen LogP contribution in [0.15, 0.2) is 24.4 Å². The third kappa shape index (κ3) is 4.01. The van der Waals surface area contributed by atoms with Crippen LogP contribution in [0.4, 0.5) is 0 Å². The molecule has 0 unspecified atom stereocenters. The molecule has 1 saturated heterocycles. The maximum atomic E-state index is 12.3. The van der Waals surface area contributed by atoms with E-state index in [0.29, 0.717) is 5.69 Å². The first-order chi connectivity index (χ1) is 9.31. The molecule has 0 bridgehead atoms. The minimum atomic E-state index is 0.0428. The zero-order chi connectivity index (χ0) is 13.5. The van der Waals surface area contributed by atoms with Gasteiger partial charge in [-0.3, -0.25) is 9.78 Å². The number of aromatic nitrogens is 1. The number of nitrogens with two attached hydrogens (primary N) is 1. The highest BCUT2D eigenvalue weighted by molar-refractivity contribution is 5.92. The Kier molecular flexibility index (Phi) is 5.30. The van der Waals surface area contributed by atoms with Crippen molar-refractivity contribution in [1.29, 1.82) is 0 Å². The summed E-state index contributed by atoms with van der Waals surface area (Å²) >= 11 is 0. The number of amides is 1. The molecule has 1 fully saturated rings. The van der Waals surface area contributed by atoms with E-state index in [1.807, 2.05) is 17.0 Å². The van der Waals surface area contributed by atoms with E-state index in [9.17, 15) is 4.79 Å². The van der Waals surface area contributed by atoms with Crippen LogP contribution in [0.1, 0.15) is 23.3 Å². The van der Waals surface area contributed by atoms with E-state index in [4.69, 9.17) is 5.73 Å². The van der Waals surface area contributed by atoms with Crippen molar-refractivity contribution >= 4 is 5.91 Å². The lowest BCUT2D eigenvalue weighted by Crippen LogP contribution is -2.36. The van der Waals surface area contributed by atoms with Crippen LogP contribution in [0.5, 0.6) is 0 Å². The Morgan fingerprint density at radius 1 is 1.26 bits per heavy atom. The molecule has 0 saturated carbocycles. The minimum absolute atomic E-state index is 0.0428. The molecule has 1 aliphatic rings. The van der Waals surface area contributed by atoms with Gasteiger partial charge in [-0.1, -0.05) is 6.07 Å². The Hall–Kier alpha value is -1.46. The molecule has 0 aromatic carbocycles. The van der Waals surface area contributed by atoms with Crippen molar-refractivity contribution in [2.75, 3.05) is 39.3 Å². The summed E-state index contributed by atoms with van der Waals surface area (Å²) in [6.07, 6.45) is 3.70. The average molecular weight is 262 g/mol. The molecule has 0 atom stereocenters. The lowest BCUT2D eigenvalue weighted by molar-refractivity contribution is 0.0755. The lowest BCUT2D eigenvalue weighted by atomic mass is 10.3. The van der Waals surface area contributed by atoms with Crippen molar-refractivity contribution in [3.05, 3.63) is 30.1 Å². The zero-order valence-electron chi connectivity index (χ0n) is 11.3. The summed E-state index contributed by atoms with van der Waals surface area (Å²) in [6.45, 7) is 5.33. The Balaban J connectivity index is 1.90. The predicted molar refractivity (Wildman–Crippen MR) is 74.9 cm³/mol. The van der Waals surface area contributed by atoms with Crippen LogP contribution < -0.4 is 5.73 Å². The fraction of sp³-hybridized carbons (Fsp3) is 0.571. The topological polar surface area (TPSA) is 62.5 Å². The van der Waals surface area contributed by atoms with Gasteiger partial charge in [-0.25, -0.2) is 0 Å². The number of pyridine rings is 1. The molecule has 104 valence electrons. The molecule has 5 heteroatoms. The molecule has 0 aliphatic carbocycles. The SMILES string of the molecule is NCCCN1CCCN(C(=O)c2ccccn2)CC1. The predicted octanol–water partition coefficient (Wildman–Crippen LogP) is 0.578. The van der Waals surface area contributed by atoms with Gasteiger partial charge >= 0.3 is 0 Å². The quantitative estimate of drug-likeness (QED) is 0.862. The maximum absolute atomic E-state index is 12.3. The maximum Gasteiger partial charge on any atom is 0.272 e. The Labute approximate surface area is 114 Å². The van der Waals surface area contributed by atoms with Crippen molar-refractivity contribution in [2.45, 2.75) is 12.8 Å². The molecule has 0 spiro atoms. The highest BCUT2D eigenvalue weighted by Crippen LogP contribution is 2.07. The summed E-state index contributed by atoms with van der Waals surface area (Å²) in [5, 5.41) is 0. The molecule has 1 aromatic heterocycles. The van der Waals surface area contributed by atoms with Gasteiger partial charge in [0.1, 0.15) is 5.69 Å². The fourth-order valence-electron chi connectivity index (χ4n) is 2.36. The van der Waals surface area contributed by atoms with E-state index >= 15 is 0 Å². The third-order valence-corrected chi connectivity index (χ3v) is 3.44. The summed E-state index contributed by atoms with van der Waals surface area (Å²) in [5.41, 5.74) is 6.08. The van der Waals surface area contributed by atoms with Gasteiger partial charge in [0.2, 0.25) is 0 Å². The smallest absolute Gasteiger partial charge is 0.272 e. The van der Waals surface area contributed by atoms with Gasteiger partial charge in [0.15, 0.2) is 0 Å².